The number of aromatic nitrogens is 2. The minimum Gasteiger partial charge on any atom is -0.507 e. The van der Waals surface area contributed by atoms with Crippen LogP contribution in [0.1, 0.15) is 62.1 Å². The highest BCUT2D eigenvalue weighted by atomic mass is 32.2. The lowest BCUT2D eigenvalue weighted by Gasteiger charge is -2.28. The number of halogens is 6. The number of fused-ring (bicyclic) bond motifs is 2. The van der Waals surface area contributed by atoms with Crippen LogP contribution in [0.4, 0.5) is 26.3 Å². The number of amides is 1. The van der Waals surface area contributed by atoms with E-state index in [0.29, 0.717) is 22.4 Å². The maximum Gasteiger partial charge on any atom is 0.411 e. The smallest absolute Gasteiger partial charge is 0.411 e. The number of hydrogen-bond acceptors (Lipinski definition) is 10. The molecule has 18 heteroatoms. The molecule has 4 unspecified atom stereocenters. The molecule has 3 heterocycles. The molecule has 0 saturated heterocycles. The lowest BCUT2D eigenvalue weighted by molar-refractivity contribution is -0.187. The van der Waals surface area contributed by atoms with Gasteiger partial charge in [0.1, 0.15) is 31.3 Å². The zero-order valence-corrected chi connectivity index (χ0v) is 30.2. The van der Waals surface area contributed by atoms with Gasteiger partial charge in [0.15, 0.2) is 15.6 Å². The van der Waals surface area contributed by atoms with E-state index in [0.717, 1.165) is 0 Å². The van der Waals surface area contributed by atoms with Gasteiger partial charge < -0.3 is 19.9 Å². The number of carbonyl (C=O) groups excluding carboxylic acids is 2. The SMILES string of the molecule is Cc1cc(CS(=O)(=O)CC(CNC(=O)c2ccccc2O)c2ccccn2)ccc1C1NC(OCC(F)(F)F)C2=C1C(=O)C(OCC(F)(F)F)c1cccnc12. The van der Waals surface area contributed by atoms with Gasteiger partial charge in [-0.1, -0.05) is 42.5 Å². The Morgan fingerprint density at radius 1 is 0.893 bits per heavy atom. The van der Waals surface area contributed by atoms with Crippen LogP contribution < -0.4 is 10.6 Å². The van der Waals surface area contributed by atoms with Crippen LogP contribution in [-0.4, -0.2) is 79.3 Å². The van der Waals surface area contributed by atoms with Gasteiger partial charge >= 0.3 is 12.4 Å². The summed E-state index contributed by atoms with van der Waals surface area (Å²) in [6.45, 7) is -2.05. The Balaban J connectivity index is 1.27. The van der Waals surface area contributed by atoms with Crippen LogP contribution in [0.2, 0.25) is 0 Å². The second-order valence-corrected chi connectivity index (χ2v) is 15.4. The Morgan fingerprint density at radius 2 is 1.59 bits per heavy atom. The summed E-state index contributed by atoms with van der Waals surface area (Å²) in [6.07, 6.45) is -10.1. The molecule has 4 atom stereocenters. The molecule has 296 valence electrons. The molecular weight excluding hydrogens is 770 g/mol. The lowest BCUT2D eigenvalue weighted by Crippen LogP contribution is -2.34. The molecule has 2 aromatic carbocycles. The number of pyridine rings is 2. The number of phenols is 1. The third-order valence-corrected chi connectivity index (χ3v) is 10.8. The molecule has 1 aliphatic heterocycles. The molecule has 1 amide bonds. The standard InChI is InChI=1S/C38H34F6N4O7S/c1-21-15-22(17-56(52,53)18-23(27-9-4-5-13-45-27)16-47-35(51)25-7-2-3-10-28(25)49)11-12-24(21)32-29-30(36(48-32)55-20-38(42,43)44)31-26(8-6-14-46-31)34(33(29)50)54-19-37(39,40)41/h2-15,23,32,34,36,48-49H,16-20H2,1H3,(H,47,51). The van der Waals surface area contributed by atoms with Gasteiger partial charge in [-0.15, -0.1) is 0 Å². The molecule has 1 aliphatic carbocycles. The molecule has 2 aromatic heterocycles. The molecule has 0 saturated carbocycles. The van der Waals surface area contributed by atoms with Crippen molar-refractivity contribution >= 4 is 27.1 Å². The first-order chi connectivity index (χ1) is 26.4. The van der Waals surface area contributed by atoms with Crippen LogP contribution in [0, 0.1) is 6.92 Å². The molecule has 2 aliphatic rings. The van der Waals surface area contributed by atoms with E-state index in [1.165, 1.54) is 54.9 Å². The Bertz CT molecular complexity index is 2250. The highest BCUT2D eigenvalue weighted by Crippen LogP contribution is 2.48. The number of nitrogens with one attached hydrogen (secondary N) is 2. The van der Waals surface area contributed by atoms with Gasteiger partial charge in [-0.2, -0.15) is 26.3 Å². The monoisotopic (exact) mass is 804 g/mol. The van der Waals surface area contributed by atoms with Gasteiger partial charge in [0, 0.05) is 47.3 Å². The largest absolute Gasteiger partial charge is 0.507 e. The third kappa shape index (κ3) is 9.43. The van der Waals surface area contributed by atoms with Gasteiger partial charge in [0.25, 0.3) is 5.91 Å². The van der Waals surface area contributed by atoms with Crippen molar-refractivity contribution in [2.24, 2.45) is 0 Å². The molecule has 0 bridgehead atoms. The Hall–Kier alpha value is -5.17. The predicted molar refractivity (Wildman–Crippen MR) is 189 cm³/mol. The Morgan fingerprint density at radius 3 is 2.27 bits per heavy atom. The van der Waals surface area contributed by atoms with E-state index < -0.39 is 82.9 Å². The maximum absolute atomic E-state index is 14.0. The van der Waals surface area contributed by atoms with E-state index in [2.05, 4.69) is 20.6 Å². The van der Waals surface area contributed by atoms with Crippen molar-refractivity contribution in [3.8, 4) is 5.75 Å². The number of phenolic OH excluding ortho intramolecular Hbond substituents is 1. The minimum atomic E-state index is -4.80. The van der Waals surface area contributed by atoms with Crippen molar-refractivity contribution in [3.63, 3.8) is 0 Å². The number of benzene rings is 2. The van der Waals surface area contributed by atoms with E-state index in [4.69, 9.17) is 9.47 Å². The van der Waals surface area contributed by atoms with Crippen molar-refractivity contribution in [1.29, 1.82) is 0 Å². The van der Waals surface area contributed by atoms with Gasteiger partial charge in [-0.25, -0.2) is 8.42 Å². The number of nitrogens with zero attached hydrogens (tertiary/aromatic N) is 2. The van der Waals surface area contributed by atoms with Crippen LogP contribution in [0.25, 0.3) is 5.57 Å². The van der Waals surface area contributed by atoms with E-state index in [-0.39, 0.29) is 40.3 Å². The number of carbonyl (C=O) groups is 2. The normalized spacial score (nSPS) is 19.1. The quantitative estimate of drug-likeness (QED) is 0.141. The van der Waals surface area contributed by atoms with Crippen LogP contribution >= 0.6 is 0 Å². The molecule has 3 N–H and O–H groups in total. The lowest BCUT2D eigenvalue weighted by atomic mass is 9.82. The maximum atomic E-state index is 14.0. The van der Waals surface area contributed by atoms with Crippen molar-refractivity contribution in [2.75, 3.05) is 25.5 Å². The molecule has 0 spiro atoms. The van der Waals surface area contributed by atoms with Crippen LogP contribution in [-0.2, 0) is 29.9 Å². The summed E-state index contributed by atoms with van der Waals surface area (Å²) in [4.78, 5) is 35.3. The molecule has 4 aromatic rings. The number of ether oxygens (including phenoxy) is 2. The summed E-state index contributed by atoms with van der Waals surface area (Å²) in [5.74, 6) is -3.51. The molecule has 0 fully saturated rings. The predicted octanol–water partition coefficient (Wildman–Crippen LogP) is 5.83. The molecule has 11 nitrogen and oxygen atoms in total. The topological polar surface area (TPSA) is 157 Å². The summed E-state index contributed by atoms with van der Waals surface area (Å²) in [7, 11) is -3.93. The third-order valence-electron chi connectivity index (χ3n) is 9.12. The first-order valence-corrected chi connectivity index (χ1v) is 18.9. The summed E-state index contributed by atoms with van der Waals surface area (Å²) in [5, 5.41) is 15.6. The first kappa shape index (κ1) is 40.5. The van der Waals surface area contributed by atoms with Gasteiger partial charge in [0.2, 0.25) is 0 Å². The number of sulfone groups is 1. The highest BCUT2D eigenvalue weighted by Gasteiger charge is 2.49. The number of hydrogen-bond donors (Lipinski definition) is 3. The first-order valence-electron chi connectivity index (χ1n) is 17.0. The van der Waals surface area contributed by atoms with E-state index in [1.54, 1.807) is 37.3 Å². The second-order valence-electron chi connectivity index (χ2n) is 13.3. The van der Waals surface area contributed by atoms with Crippen molar-refractivity contribution in [2.45, 2.75) is 49.3 Å². The van der Waals surface area contributed by atoms with Crippen LogP contribution in [0.15, 0.2) is 90.8 Å². The number of Topliss-reactive ketones (excluding diaryl/α,β-unsaturated/α-hetero) is 1. The van der Waals surface area contributed by atoms with Crippen molar-refractivity contribution in [3.05, 3.63) is 130 Å². The average Bonchev–Trinajstić information content (AvgIpc) is 3.52. The van der Waals surface area contributed by atoms with Gasteiger partial charge in [-0.05, 0) is 53.9 Å². The second kappa shape index (κ2) is 16.1. The highest BCUT2D eigenvalue weighted by molar-refractivity contribution is 7.90. The van der Waals surface area contributed by atoms with Crippen molar-refractivity contribution in [1.82, 2.24) is 20.6 Å². The fourth-order valence-electron chi connectivity index (χ4n) is 6.79. The summed E-state index contributed by atoms with van der Waals surface area (Å²) < 4.78 is 117. The fourth-order valence-corrected chi connectivity index (χ4v) is 8.50. The minimum absolute atomic E-state index is 0.00307. The number of alkyl halides is 6. The van der Waals surface area contributed by atoms with E-state index >= 15 is 0 Å². The molecule has 0 radical (unpaired) electrons. The van der Waals surface area contributed by atoms with Gasteiger partial charge in [-0.3, -0.25) is 24.9 Å². The molecular formula is C38H34F6N4O7S. The van der Waals surface area contributed by atoms with Crippen LogP contribution in [0.3, 0.4) is 0 Å². The number of rotatable bonds is 13. The number of aryl methyl sites for hydroxylation is 1. The zero-order chi connectivity index (χ0) is 40.4. The summed E-state index contributed by atoms with van der Waals surface area (Å²) in [5.41, 5.74) is 1.04. The Kier molecular flexibility index (Phi) is 11.7. The fraction of sp³-hybridized carbons (Fsp3) is 0.316. The number of aromatic hydroxyl groups is 1. The van der Waals surface area contributed by atoms with E-state index in [1.807, 2.05) is 0 Å². The molecule has 56 heavy (non-hydrogen) atoms. The van der Waals surface area contributed by atoms with Crippen molar-refractivity contribution < 1.29 is 58.9 Å². The average molecular weight is 805 g/mol. The number of para-hydroxylation sites is 1. The zero-order valence-electron chi connectivity index (χ0n) is 29.4. The number of ketones is 1. The van der Waals surface area contributed by atoms with Gasteiger partial charge in [0.05, 0.1) is 28.8 Å². The Labute approximate surface area is 316 Å². The molecule has 6 rings (SSSR count). The summed E-state index contributed by atoms with van der Waals surface area (Å²) >= 11 is 0. The summed E-state index contributed by atoms with van der Waals surface area (Å²) in [6, 6.07) is 16.7. The van der Waals surface area contributed by atoms with E-state index in [9.17, 15) is 49.5 Å². The van der Waals surface area contributed by atoms with Crippen LogP contribution in [0.5, 0.6) is 5.75 Å².